The molecule has 0 fully saturated rings. The number of pyridine rings is 1. The highest BCUT2D eigenvalue weighted by Crippen LogP contribution is 2.27. The summed E-state index contributed by atoms with van der Waals surface area (Å²) in [5.74, 6) is 0.0970. The molecular weight excluding hydrogens is 386 g/mol. The van der Waals surface area contributed by atoms with Crippen molar-refractivity contribution in [3.8, 4) is 34.3 Å². The summed E-state index contributed by atoms with van der Waals surface area (Å²) in [4.78, 5) is 36.7. The van der Waals surface area contributed by atoms with Gasteiger partial charge in [0, 0.05) is 35.7 Å². The van der Waals surface area contributed by atoms with Crippen LogP contribution in [0, 0.1) is 0 Å². The highest BCUT2D eigenvalue weighted by atomic mass is 16.4. The van der Waals surface area contributed by atoms with Crippen molar-refractivity contribution in [1.29, 1.82) is 0 Å². The zero-order valence-electron chi connectivity index (χ0n) is 16.2. The monoisotopic (exact) mass is 409 g/mol. The minimum Gasteiger partial charge on any atom is -0.414 e. The number of nitrogen functional groups attached to an aromatic ring is 1. The van der Waals surface area contributed by atoms with Crippen LogP contribution in [-0.4, -0.2) is 50.1 Å². The van der Waals surface area contributed by atoms with E-state index in [0.717, 1.165) is 5.56 Å². The summed E-state index contributed by atoms with van der Waals surface area (Å²) in [6, 6.07) is 10.2. The summed E-state index contributed by atoms with van der Waals surface area (Å²) in [6.45, 7) is 0. The summed E-state index contributed by atoms with van der Waals surface area (Å²) >= 11 is 0. The van der Waals surface area contributed by atoms with Crippen molar-refractivity contribution in [2.75, 3.05) is 19.8 Å². The van der Waals surface area contributed by atoms with Crippen LogP contribution in [0.2, 0.25) is 0 Å². The minimum absolute atomic E-state index is 0. The van der Waals surface area contributed by atoms with Crippen LogP contribution >= 0.6 is 0 Å². The van der Waals surface area contributed by atoms with E-state index in [1.807, 2.05) is 0 Å². The van der Waals surface area contributed by atoms with E-state index in [4.69, 9.17) is 10.2 Å². The first-order chi connectivity index (χ1) is 14.4. The summed E-state index contributed by atoms with van der Waals surface area (Å²) in [6.07, 6.45) is 3.02. The number of nitrogens with two attached hydrogens (primary N) is 1. The number of carbonyl (C=O) groups excluding carboxylic acids is 1. The van der Waals surface area contributed by atoms with Crippen molar-refractivity contribution in [3.63, 3.8) is 0 Å². The largest absolute Gasteiger partial charge is 0.414 e. The van der Waals surface area contributed by atoms with Crippen molar-refractivity contribution in [1.82, 2.24) is 30.0 Å². The van der Waals surface area contributed by atoms with Crippen molar-refractivity contribution in [2.45, 2.75) is 0 Å². The number of hydrogen-bond donors (Lipinski definition) is 2. The first kappa shape index (κ1) is 19.0. The Hall–Kier alpha value is -4.34. The number of aromatic amines is 1. The number of benzene rings is 1. The fourth-order valence-corrected chi connectivity index (χ4v) is 2.75. The number of rotatable bonds is 4. The predicted octanol–water partition coefficient (Wildman–Crippen LogP) is 2.57. The first-order valence-corrected chi connectivity index (χ1v) is 8.90. The van der Waals surface area contributed by atoms with Crippen LogP contribution in [0.4, 0.5) is 5.82 Å². The smallest absolute Gasteiger partial charge is 0.270 e. The number of aromatic nitrogens is 5. The van der Waals surface area contributed by atoms with Crippen LogP contribution < -0.4 is 11.3 Å². The second-order valence-electron chi connectivity index (χ2n) is 6.59. The Labute approximate surface area is 174 Å². The summed E-state index contributed by atoms with van der Waals surface area (Å²) in [5.41, 5.74) is 7.84. The Bertz CT molecular complexity index is 1290. The molecule has 0 spiro atoms. The number of H-pyrrole nitrogens is 1. The van der Waals surface area contributed by atoms with Crippen LogP contribution in [0.5, 0.6) is 0 Å². The molecule has 0 radical (unpaired) electrons. The molecule has 156 valence electrons. The third-order valence-electron chi connectivity index (χ3n) is 4.31. The van der Waals surface area contributed by atoms with E-state index >= 15 is 0 Å². The molecule has 0 saturated heterocycles. The normalized spacial score (nSPS) is 10.7. The van der Waals surface area contributed by atoms with Gasteiger partial charge in [0.05, 0.1) is 11.9 Å². The molecule has 4 rings (SSSR count). The molecule has 0 saturated carbocycles. The Kier molecular flexibility index (Phi) is 4.80. The molecule has 0 aliphatic heterocycles. The number of hydrogen-bond acceptors (Lipinski definition) is 8. The third-order valence-corrected chi connectivity index (χ3v) is 4.31. The predicted molar refractivity (Wildman–Crippen MR) is 116 cm³/mol. The Morgan fingerprint density at radius 2 is 1.87 bits per heavy atom. The molecule has 0 atom stereocenters. The number of carbonyl (C=O) groups is 1. The standard InChI is InChI=1S/C20H17N7O3.3H2/c1-27(2)20(29)12-7-5-11(6-8-12)14-10-23-16(21)15(24-14)19-26-25-18(30-19)13-4-3-9-22-17(13)28;;;/h3-10H,1-2H3,(H2,21,23)(H,22,28);3*1H. The van der Waals surface area contributed by atoms with Gasteiger partial charge < -0.3 is 20.0 Å². The lowest BCUT2D eigenvalue weighted by Gasteiger charge is -2.10. The van der Waals surface area contributed by atoms with E-state index in [1.165, 1.54) is 17.3 Å². The molecule has 0 aliphatic carbocycles. The molecule has 0 unspecified atom stereocenters. The van der Waals surface area contributed by atoms with E-state index in [2.05, 4.69) is 25.1 Å². The Morgan fingerprint density at radius 3 is 2.57 bits per heavy atom. The van der Waals surface area contributed by atoms with Crippen LogP contribution in [0.3, 0.4) is 0 Å². The average molecular weight is 409 g/mol. The van der Waals surface area contributed by atoms with Crippen LogP contribution in [0.15, 0.2) is 58.0 Å². The van der Waals surface area contributed by atoms with Gasteiger partial charge in [0.2, 0.25) is 0 Å². The minimum atomic E-state index is -0.354. The van der Waals surface area contributed by atoms with E-state index in [0.29, 0.717) is 11.3 Å². The van der Waals surface area contributed by atoms with Crippen molar-refractivity contribution in [2.24, 2.45) is 0 Å². The molecule has 10 nitrogen and oxygen atoms in total. The summed E-state index contributed by atoms with van der Waals surface area (Å²) < 4.78 is 5.61. The summed E-state index contributed by atoms with van der Waals surface area (Å²) in [7, 11) is 3.38. The Morgan fingerprint density at radius 1 is 1.13 bits per heavy atom. The molecule has 0 bridgehead atoms. The molecular formula is C20H23N7O3. The van der Waals surface area contributed by atoms with Crippen molar-refractivity contribution >= 4 is 11.7 Å². The van der Waals surface area contributed by atoms with Gasteiger partial charge >= 0.3 is 0 Å². The molecule has 3 aromatic heterocycles. The average Bonchev–Trinajstić information content (AvgIpc) is 3.23. The topological polar surface area (TPSA) is 144 Å². The SMILES string of the molecule is CN(C)C(=O)c1ccc(-c2cnc(N)c(-c3nnc(-c4ccc[nH]c4=O)o3)n2)cc1.[HH].[HH].[HH]. The number of amides is 1. The van der Waals surface area contributed by atoms with E-state index < -0.39 is 0 Å². The van der Waals surface area contributed by atoms with E-state index in [1.54, 1.807) is 50.5 Å². The molecule has 10 heteroatoms. The van der Waals surface area contributed by atoms with Crippen molar-refractivity contribution < 1.29 is 13.5 Å². The number of nitrogens with zero attached hydrogens (tertiary/aromatic N) is 5. The van der Waals surface area contributed by atoms with Gasteiger partial charge in [0.1, 0.15) is 5.56 Å². The molecule has 3 N–H and O–H groups in total. The second-order valence-corrected chi connectivity index (χ2v) is 6.59. The number of anilines is 1. The lowest BCUT2D eigenvalue weighted by atomic mass is 10.1. The summed E-state index contributed by atoms with van der Waals surface area (Å²) in [5, 5.41) is 7.87. The maximum atomic E-state index is 12.0. The lowest BCUT2D eigenvalue weighted by molar-refractivity contribution is 0.0827. The molecule has 30 heavy (non-hydrogen) atoms. The van der Waals surface area contributed by atoms with Crippen LogP contribution in [-0.2, 0) is 0 Å². The van der Waals surface area contributed by atoms with Gasteiger partial charge in [0.25, 0.3) is 23.2 Å². The van der Waals surface area contributed by atoms with Crippen molar-refractivity contribution in [3.05, 3.63) is 64.7 Å². The number of nitrogens with one attached hydrogen (secondary N) is 1. The van der Waals surface area contributed by atoms with Gasteiger partial charge in [-0.15, -0.1) is 10.2 Å². The van der Waals surface area contributed by atoms with Gasteiger partial charge in [-0.05, 0) is 24.3 Å². The molecule has 1 amide bonds. The van der Waals surface area contributed by atoms with Gasteiger partial charge in [0.15, 0.2) is 11.5 Å². The van der Waals surface area contributed by atoms with Gasteiger partial charge in [-0.3, -0.25) is 9.59 Å². The third kappa shape index (κ3) is 3.53. The van der Waals surface area contributed by atoms with Gasteiger partial charge in [-0.25, -0.2) is 9.97 Å². The second kappa shape index (κ2) is 7.59. The highest BCUT2D eigenvalue weighted by molar-refractivity contribution is 5.94. The zero-order chi connectivity index (χ0) is 21.3. The van der Waals surface area contributed by atoms with Crippen LogP contribution in [0.1, 0.15) is 14.6 Å². The molecule has 0 aliphatic rings. The first-order valence-electron chi connectivity index (χ1n) is 8.90. The fraction of sp³-hybridized carbons (Fsp3) is 0.100. The molecule has 3 heterocycles. The maximum Gasteiger partial charge on any atom is 0.270 e. The van der Waals surface area contributed by atoms with E-state index in [-0.39, 0.29) is 44.6 Å². The molecule has 1 aromatic carbocycles. The highest BCUT2D eigenvalue weighted by Gasteiger charge is 2.18. The van der Waals surface area contributed by atoms with Gasteiger partial charge in [-0.1, -0.05) is 12.1 Å². The van der Waals surface area contributed by atoms with Crippen LogP contribution in [0.25, 0.3) is 34.3 Å². The maximum absolute atomic E-state index is 12.0. The molecule has 4 aromatic rings. The zero-order valence-corrected chi connectivity index (χ0v) is 16.2. The van der Waals surface area contributed by atoms with Gasteiger partial charge in [-0.2, -0.15) is 0 Å². The van der Waals surface area contributed by atoms with E-state index in [9.17, 15) is 9.59 Å². The Balaban J connectivity index is 0.00000181. The quantitative estimate of drug-likeness (QED) is 0.523. The lowest BCUT2D eigenvalue weighted by Crippen LogP contribution is -2.21. The fourth-order valence-electron chi connectivity index (χ4n) is 2.75.